The molecule has 3 aromatic rings. The van der Waals surface area contributed by atoms with Crippen LogP contribution >= 0.6 is 0 Å². The molecule has 0 radical (unpaired) electrons. The Balaban J connectivity index is 1.76. The molecule has 104 valence electrons. The van der Waals surface area contributed by atoms with Gasteiger partial charge in [-0.25, -0.2) is 0 Å². The average molecular weight is 270 g/mol. The van der Waals surface area contributed by atoms with E-state index < -0.39 is 0 Å². The number of para-hydroxylation sites is 1. The van der Waals surface area contributed by atoms with Gasteiger partial charge >= 0.3 is 0 Å². The van der Waals surface area contributed by atoms with Crippen LogP contribution in [0.2, 0.25) is 0 Å². The third-order valence-electron chi connectivity index (χ3n) is 3.38. The number of aryl methyl sites for hydroxylation is 2. The van der Waals surface area contributed by atoms with Gasteiger partial charge in [-0.15, -0.1) is 0 Å². The van der Waals surface area contributed by atoms with Gasteiger partial charge in [-0.3, -0.25) is 0 Å². The van der Waals surface area contributed by atoms with Crippen LogP contribution in [0.1, 0.15) is 29.7 Å². The quantitative estimate of drug-likeness (QED) is 0.770. The molecule has 0 spiro atoms. The fourth-order valence-corrected chi connectivity index (χ4v) is 2.44. The van der Waals surface area contributed by atoms with Crippen LogP contribution < -0.4 is 5.32 Å². The summed E-state index contributed by atoms with van der Waals surface area (Å²) in [6, 6.07) is 10.1. The first-order valence-electron chi connectivity index (χ1n) is 6.90. The van der Waals surface area contributed by atoms with Gasteiger partial charge < -0.3 is 14.3 Å². The van der Waals surface area contributed by atoms with Gasteiger partial charge in [0.1, 0.15) is 11.3 Å². The minimum Gasteiger partial charge on any atom is -0.461 e. The molecule has 0 aliphatic carbocycles. The van der Waals surface area contributed by atoms with E-state index in [1.54, 1.807) is 0 Å². The van der Waals surface area contributed by atoms with E-state index in [2.05, 4.69) is 23.5 Å². The zero-order valence-electron chi connectivity index (χ0n) is 11.8. The molecule has 0 aliphatic rings. The maximum absolute atomic E-state index is 5.88. The second kappa shape index (κ2) is 5.51. The lowest BCUT2D eigenvalue weighted by Crippen LogP contribution is -2.12. The molecule has 4 nitrogen and oxygen atoms in total. The van der Waals surface area contributed by atoms with E-state index in [0.717, 1.165) is 35.8 Å². The summed E-state index contributed by atoms with van der Waals surface area (Å²) in [6.45, 7) is 5.47. The summed E-state index contributed by atoms with van der Waals surface area (Å²) in [6.07, 6.45) is 0.896. The molecule has 0 bridgehead atoms. The molecular formula is C16H18N2O2. The van der Waals surface area contributed by atoms with Crippen LogP contribution in [0.5, 0.6) is 0 Å². The molecular weight excluding hydrogens is 252 g/mol. The molecule has 0 saturated heterocycles. The maximum atomic E-state index is 5.88. The molecule has 0 aliphatic heterocycles. The summed E-state index contributed by atoms with van der Waals surface area (Å²) in [7, 11) is 0. The molecule has 0 amide bonds. The maximum Gasteiger partial charge on any atom is 0.150 e. The normalized spacial score (nSPS) is 11.3. The minimum atomic E-state index is 0.670. The average Bonchev–Trinajstić information content (AvgIpc) is 3.03. The van der Waals surface area contributed by atoms with E-state index in [0.29, 0.717) is 6.54 Å². The first-order chi connectivity index (χ1) is 9.78. The minimum absolute atomic E-state index is 0.670. The molecule has 4 heteroatoms. The lowest BCUT2D eigenvalue weighted by Gasteiger charge is -2.03. The first-order valence-corrected chi connectivity index (χ1v) is 6.90. The van der Waals surface area contributed by atoms with Crippen molar-refractivity contribution in [2.75, 3.05) is 0 Å². The number of hydrogen-bond donors (Lipinski definition) is 1. The molecule has 20 heavy (non-hydrogen) atoms. The second-order valence-electron chi connectivity index (χ2n) is 4.89. The third kappa shape index (κ3) is 2.47. The second-order valence-corrected chi connectivity index (χ2v) is 4.89. The molecule has 3 rings (SSSR count). The number of nitrogens with one attached hydrogen (secondary N) is 1. The number of rotatable bonds is 5. The fraction of sp³-hybridized carbons (Fsp3) is 0.312. The van der Waals surface area contributed by atoms with E-state index in [4.69, 9.17) is 8.94 Å². The monoisotopic (exact) mass is 270 g/mol. The van der Waals surface area contributed by atoms with Gasteiger partial charge in [0.15, 0.2) is 5.76 Å². The van der Waals surface area contributed by atoms with Crippen LogP contribution in [-0.4, -0.2) is 5.16 Å². The molecule has 0 saturated carbocycles. The molecule has 0 fully saturated rings. The van der Waals surface area contributed by atoms with Gasteiger partial charge in [-0.1, -0.05) is 30.3 Å². The highest BCUT2D eigenvalue weighted by molar-refractivity contribution is 5.82. The highest BCUT2D eigenvalue weighted by Crippen LogP contribution is 2.26. The molecule has 1 N–H and O–H groups in total. The number of benzene rings is 1. The Hall–Kier alpha value is -2.07. The number of nitrogens with zero attached hydrogens (tertiary/aromatic N) is 1. The molecule has 1 aromatic carbocycles. The van der Waals surface area contributed by atoms with Gasteiger partial charge in [0.2, 0.25) is 0 Å². The van der Waals surface area contributed by atoms with Crippen molar-refractivity contribution in [1.29, 1.82) is 0 Å². The smallest absolute Gasteiger partial charge is 0.150 e. The van der Waals surface area contributed by atoms with Crippen LogP contribution in [0.4, 0.5) is 0 Å². The zero-order valence-corrected chi connectivity index (χ0v) is 11.8. The van der Waals surface area contributed by atoms with Crippen molar-refractivity contribution >= 4 is 11.0 Å². The van der Waals surface area contributed by atoms with Crippen molar-refractivity contribution < 1.29 is 8.94 Å². The lowest BCUT2D eigenvalue weighted by atomic mass is 10.1. The van der Waals surface area contributed by atoms with Crippen LogP contribution in [0.15, 0.2) is 39.3 Å². The zero-order chi connectivity index (χ0) is 13.9. The van der Waals surface area contributed by atoms with Crippen molar-refractivity contribution in [2.24, 2.45) is 0 Å². The first kappa shape index (κ1) is 12.9. The van der Waals surface area contributed by atoms with Crippen LogP contribution in [0, 0.1) is 6.92 Å². The van der Waals surface area contributed by atoms with Crippen LogP contribution in [0.25, 0.3) is 11.0 Å². The Morgan fingerprint density at radius 3 is 2.80 bits per heavy atom. The van der Waals surface area contributed by atoms with E-state index in [1.807, 2.05) is 31.2 Å². The lowest BCUT2D eigenvalue weighted by molar-refractivity contribution is 0.369. The standard InChI is InChI=1S/C16H18N2O2/c1-3-15-14(13-6-4-5-7-16(13)19-15)10-17-9-12-8-11(2)18-20-12/h4-8,17H,3,9-10H2,1-2H3. The van der Waals surface area contributed by atoms with Crippen molar-refractivity contribution in [1.82, 2.24) is 10.5 Å². The predicted molar refractivity (Wildman–Crippen MR) is 77.4 cm³/mol. The molecule has 2 aromatic heterocycles. The number of aromatic nitrogens is 1. The highest BCUT2D eigenvalue weighted by atomic mass is 16.5. The highest BCUT2D eigenvalue weighted by Gasteiger charge is 2.12. The Kier molecular flexibility index (Phi) is 3.56. The number of furan rings is 1. The molecule has 0 atom stereocenters. The SMILES string of the molecule is CCc1oc2ccccc2c1CNCc1cc(C)no1. The predicted octanol–water partition coefficient (Wildman–Crippen LogP) is 3.58. The topological polar surface area (TPSA) is 51.2 Å². The van der Waals surface area contributed by atoms with Crippen molar-refractivity contribution in [2.45, 2.75) is 33.4 Å². The van der Waals surface area contributed by atoms with Gasteiger partial charge in [-0.2, -0.15) is 0 Å². The third-order valence-corrected chi connectivity index (χ3v) is 3.38. The largest absolute Gasteiger partial charge is 0.461 e. The van der Waals surface area contributed by atoms with Crippen molar-refractivity contribution in [3.63, 3.8) is 0 Å². The number of hydrogen-bond acceptors (Lipinski definition) is 4. The Morgan fingerprint density at radius 1 is 1.20 bits per heavy atom. The molecule has 0 unspecified atom stereocenters. The van der Waals surface area contributed by atoms with E-state index in [-0.39, 0.29) is 0 Å². The number of fused-ring (bicyclic) bond motifs is 1. The summed E-state index contributed by atoms with van der Waals surface area (Å²) < 4.78 is 11.1. The van der Waals surface area contributed by atoms with Crippen LogP contribution in [0.3, 0.4) is 0 Å². The Morgan fingerprint density at radius 2 is 2.05 bits per heavy atom. The summed E-state index contributed by atoms with van der Waals surface area (Å²) >= 11 is 0. The Labute approximate surface area is 117 Å². The van der Waals surface area contributed by atoms with E-state index in [1.165, 1.54) is 10.9 Å². The summed E-state index contributed by atoms with van der Waals surface area (Å²) in [5, 5.41) is 8.46. The van der Waals surface area contributed by atoms with Gasteiger partial charge in [-0.05, 0) is 13.0 Å². The Bertz CT molecular complexity index is 712. The summed E-state index contributed by atoms with van der Waals surface area (Å²) in [5.41, 5.74) is 3.10. The van der Waals surface area contributed by atoms with Gasteiger partial charge in [0.05, 0.1) is 12.2 Å². The molecule has 2 heterocycles. The van der Waals surface area contributed by atoms with Crippen molar-refractivity contribution in [3.8, 4) is 0 Å². The summed E-state index contributed by atoms with van der Waals surface area (Å²) in [4.78, 5) is 0. The van der Waals surface area contributed by atoms with Crippen molar-refractivity contribution in [3.05, 3.63) is 53.1 Å². The van der Waals surface area contributed by atoms with E-state index in [9.17, 15) is 0 Å². The van der Waals surface area contributed by atoms with Crippen LogP contribution in [-0.2, 0) is 19.5 Å². The summed E-state index contributed by atoms with van der Waals surface area (Å²) in [5.74, 6) is 1.90. The fourth-order valence-electron chi connectivity index (χ4n) is 2.44. The van der Waals surface area contributed by atoms with Gasteiger partial charge in [0, 0.05) is 30.0 Å². The van der Waals surface area contributed by atoms with E-state index >= 15 is 0 Å². The van der Waals surface area contributed by atoms with Gasteiger partial charge in [0.25, 0.3) is 0 Å².